The summed E-state index contributed by atoms with van der Waals surface area (Å²) in [5.41, 5.74) is 6.63. The van der Waals surface area contributed by atoms with Crippen LogP contribution in [0.1, 0.15) is 31.4 Å². The summed E-state index contributed by atoms with van der Waals surface area (Å²) in [4.78, 5) is 34.9. The molecule has 0 aliphatic carbocycles. The summed E-state index contributed by atoms with van der Waals surface area (Å²) < 4.78 is 32.7. The number of hydrogen-bond acceptors (Lipinski definition) is 7. The molecule has 0 saturated heterocycles. The van der Waals surface area contributed by atoms with E-state index in [1.807, 2.05) is 18.7 Å². The van der Waals surface area contributed by atoms with Crippen molar-refractivity contribution in [1.82, 2.24) is 15.2 Å². The van der Waals surface area contributed by atoms with Crippen molar-refractivity contribution in [2.45, 2.75) is 45.3 Å². The average molecular weight is 492 g/mol. The zero-order valence-electron chi connectivity index (χ0n) is 20.0. The van der Waals surface area contributed by atoms with Crippen LogP contribution in [0.15, 0.2) is 41.5 Å². The van der Waals surface area contributed by atoms with E-state index in [4.69, 9.17) is 10.5 Å². The highest BCUT2D eigenvalue weighted by Gasteiger charge is 2.29. The number of nitrogens with one attached hydrogen (secondary N) is 1. The number of benzene rings is 1. The standard InChI is InChI=1S/C24H31F2N5O4/c1-4-31(5-2)20(12-22(32)33)24(35-3)30-19(11-15-6-8-17(25)18(26)10-15)23(34)29-14-16-7-9-21(27)28-13-16/h6-10,13,19-20H,4-5,11-12,14H2,1-3H3,(H2,27,28)(H,29,34)(H,32,33)/t19-,20-/m0/s1. The van der Waals surface area contributed by atoms with Gasteiger partial charge in [-0.15, -0.1) is 0 Å². The van der Waals surface area contributed by atoms with Gasteiger partial charge in [-0.3, -0.25) is 14.5 Å². The number of hydrogen-bond donors (Lipinski definition) is 3. The van der Waals surface area contributed by atoms with Crippen LogP contribution < -0.4 is 11.1 Å². The first-order valence-electron chi connectivity index (χ1n) is 11.2. The highest BCUT2D eigenvalue weighted by Crippen LogP contribution is 2.15. The van der Waals surface area contributed by atoms with E-state index < -0.39 is 35.6 Å². The highest BCUT2D eigenvalue weighted by molar-refractivity contribution is 5.90. The second-order valence-electron chi connectivity index (χ2n) is 7.78. The number of carbonyl (C=O) groups is 2. The molecule has 4 N–H and O–H groups in total. The van der Waals surface area contributed by atoms with E-state index in [1.165, 1.54) is 19.4 Å². The van der Waals surface area contributed by atoms with Crippen molar-refractivity contribution in [3.63, 3.8) is 0 Å². The molecule has 2 atom stereocenters. The summed E-state index contributed by atoms with van der Waals surface area (Å²) in [6, 6.07) is 4.84. The molecular weight excluding hydrogens is 460 g/mol. The molecule has 1 heterocycles. The van der Waals surface area contributed by atoms with Crippen LogP contribution >= 0.6 is 0 Å². The van der Waals surface area contributed by atoms with Crippen LogP contribution in [0, 0.1) is 11.6 Å². The smallest absolute Gasteiger partial charge is 0.305 e. The molecule has 1 aromatic carbocycles. The van der Waals surface area contributed by atoms with Gasteiger partial charge in [0, 0.05) is 19.2 Å². The lowest BCUT2D eigenvalue weighted by molar-refractivity contribution is -0.138. The number of carboxylic acids is 1. The Morgan fingerprint density at radius 2 is 1.86 bits per heavy atom. The second-order valence-corrected chi connectivity index (χ2v) is 7.78. The molecule has 35 heavy (non-hydrogen) atoms. The van der Waals surface area contributed by atoms with Crippen molar-refractivity contribution in [2.24, 2.45) is 4.99 Å². The summed E-state index contributed by atoms with van der Waals surface area (Å²) in [5, 5.41) is 12.2. The van der Waals surface area contributed by atoms with Gasteiger partial charge in [-0.2, -0.15) is 0 Å². The number of anilines is 1. The Morgan fingerprint density at radius 1 is 1.17 bits per heavy atom. The lowest BCUT2D eigenvalue weighted by Gasteiger charge is -2.29. The summed E-state index contributed by atoms with van der Waals surface area (Å²) in [7, 11) is 1.35. The molecule has 0 bridgehead atoms. The lowest BCUT2D eigenvalue weighted by atomic mass is 10.0. The monoisotopic (exact) mass is 491 g/mol. The molecule has 0 unspecified atom stereocenters. The first-order valence-corrected chi connectivity index (χ1v) is 11.2. The van der Waals surface area contributed by atoms with Crippen LogP contribution in [0.5, 0.6) is 0 Å². The van der Waals surface area contributed by atoms with Gasteiger partial charge in [0.2, 0.25) is 11.8 Å². The largest absolute Gasteiger partial charge is 0.483 e. The fourth-order valence-corrected chi connectivity index (χ4v) is 3.57. The Bertz CT molecular complexity index is 1030. The first kappa shape index (κ1) is 27.6. The number of carboxylic acid groups (broad SMARTS) is 1. The van der Waals surface area contributed by atoms with E-state index in [9.17, 15) is 23.5 Å². The maximum absolute atomic E-state index is 13.8. The molecule has 0 aliphatic rings. The normalized spacial score (nSPS) is 13.4. The molecule has 11 heteroatoms. The number of aliphatic imine (C=N–C) groups is 1. The van der Waals surface area contributed by atoms with E-state index >= 15 is 0 Å². The van der Waals surface area contributed by atoms with Gasteiger partial charge in [-0.1, -0.05) is 26.0 Å². The molecule has 190 valence electrons. The number of amides is 1. The predicted octanol–water partition coefficient (Wildman–Crippen LogP) is 2.40. The van der Waals surface area contributed by atoms with Gasteiger partial charge >= 0.3 is 5.97 Å². The zero-order chi connectivity index (χ0) is 26.0. The molecule has 0 radical (unpaired) electrons. The van der Waals surface area contributed by atoms with E-state index in [0.717, 1.165) is 12.1 Å². The number of nitrogen functional groups attached to an aromatic ring is 1. The molecule has 0 aliphatic heterocycles. The van der Waals surface area contributed by atoms with Crippen LogP contribution in [0.25, 0.3) is 0 Å². The van der Waals surface area contributed by atoms with Gasteiger partial charge in [-0.25, -0.2) is 18.8 Å². The molecule has 1 aromatic heterocycles. The van der Waals surface area contributed by atoms with Gasteiger partial charge in [0.1, 0.15) is 11.9 Å². The Hall–Kier alpha value is -3.60. The van der Waals surface area contributed by atoms with Gasteiger partial charge in [0.15, 0.2) is 11.6 Å². The van der Waals surface area contributed by atoms with E-state index in [1.54, 1.807) is 12.1 Å². The molecule has 0 saturated carbocycles. The maximum atomic E-state index is 13.8. The predicted molar refractivity (Wildman–Crippen MR) is 128 cm³/mol. The average Bonchev–Trinajstić information content (AvgIpc) is 2.83. The van der Waals surface area contributed by atoms with Gasteiger partial charge in [0.25, 0.3) is 0 Å². The highest BCUT2D eigenvalue weighted by atomic mass is 19.2. The Labute approximate surface area is 203 Å². The van der Waals surface area contributed by atoms with E-state index in [-0.39, 0.29) is 25.3 Å². The van der Waals surface area contributed by atoms with Gasteiger partial charge in [-0.05, 0) is 42.4 Å². The van der Waals surface area contributed by atoms with Crippen molar-refractivity contribution < 1.29 is 28.2 Å². The molecule has 2 rings (SSSR count). The maximum Gasteiger partial charge on any atom is 0.305 e. The number of likely N-dealkylation sites (N-methyl/N-ethyl adjacent to an activating group) is 1. The van der Waals surface area contributed by atoms with Crippen LogP contribution in [0.4, 0.5) is 14.6 Å². The van der Waals surface area contributed by atoms with Crippen LogP contribution in [-0.4, -0.2) is 65.0 Å². The number of ether oxygens (including phenoxy) is 1. The number of carbonyl (C=O) groups excluding carboxylic acids is 1. The lowest BCUT2D eigenvalue weighted by Crippen LogP contribution is -2.45. The molecule has 1 amide bonds. The number of pyridine rings is 1. The summed E-state index contributed by atoms with van der Waals surface area (Å²) >= 11 is 0. The number of aromatic nitrogens is 1. The molecule has 0 fully saturated rings. The van der Waals surface area contributed by atoms with Gasteiger partial charge in [0.05, 0.1) is 19.6 Å². The summed E-state index contributed by atoms with van der Waals surface area (Å²) in [6.07, 6.45) is 1.17. The third kappa shape index (κ3) is 8.29. The molecule has 0 spiro atoms. The minimum absolute atomic E-state index is 0.0616. The number of methoxy groups -OCH3 is 1. The third-order valence-electron chi connectivity index (χ3n) is 5.43. The third-order valence-corrected chi connectivity index (χ3v) is 5.43. The Kier molecular flexibility index (Phi) is 10.5. The van der Waals surface area contributed by atoms with E-state index in [2.05, 4.69) is 15.3 Å². The van der Waals surface area contributed by atoms with Crippen molar-refractivity contribution in [2.75, 3.05) is 25.9 Å². The molecule has 9 nitrogen and oxygen atoms in total. The molecular formula is C24H31F2N5O4. The van der Waals surface area contributed by atoms with Crippen molar-refractivity contribution in [3.05, 3.63) is 59.3 Å². The fourth-order valence-electron chi connectivity index (χ4n) is 3.57. The van der Waals surface area contributed by atoms with Crippen LogP contribution in [0.3, 0.4) is 0 Å². The number of halogens is 2. The summed E-state index contributed by atoms with van der Waals surface area (Å²) in [6.45, 7) is 4.93. The molecule has 2 aromatic rings. The summed E-state index contributed by atoms with van der Waals surface area (Å²) in [5.74, 6) is -3.20. The van der Waals surface area contributed by atoms with Crippen molar-refractivity contribution >= 4 is 23.6 Å². The topological polar surface area (TPSA) is 130 Å². The first-order chi connectivity index (χ1) is 16.7. The second kappa shape index (κ2) is 13.3. The van der Waals surface area contributed by atoms with Crippen molar-refractivity contribution in [3.8, 4) is 0 Å². The van der Waals surface area contributed by atoms with E-state index in [0.29, 0.717) is 30.0 Å². The number of rotatable bonds is 12. The minimum atomic E-state index is -1.09. The zero-order valence-corrected chi connectivity index (χ0v) is 20.0. The van der Waals surface area contributed by atoms with Gasteiger partial charge < -0.3 is 20.9 Å². The Balaban J connectivity index is 2.38. The quantitative estimate of drug-likeness (QED) is 0.307. The number of nitrogens with zero attached hydrogens (tertiary/aromatic N) is 3. The van der Waals surface area contributed by atoms with Crippen LogP contribution in [0.2, 0.25) is 0 Å². The SMILES string of the molecule is CCN(CC)[C@@H](CC(=O)O)C(=N[C@@H](Cc1ccc(F)c(F)c1)C(=O)NCc1ccc(N)nc1)OC. The minimum Gasteiger partial charge on any atom is -0.483 e. The van der Waals surface area contributed by atoms with Crippen LogP contribution in [-0.2, 0) is 27.3 Å². The number of aliphatic carboxylic acids is 1. The number of nitrogens with two attached hydrogens (primary N) is 1. The van der Waals surface area contributed by atoms with Crippen molar-refractivity contribution in [1.29, 1.82) is 0 Å². The Morgan fingerprint density at radius 3 is 2.40 bits per heavy atom. The fraction of sp³-hybridized carbons (Fsp3) is 0.417.